The Morgan fingerprint density at radius 3 is 2.67 bits per heavy atom. The van der Waals surface area contributed by atoms with E-state index in [4.69, 9.17) is 18.3 Å². The molecule has 4 fully saturated rings. The van der Waals surface area contributed by atoms with Crippen LogP contribution in [0.5, 0.6) is 0 Å². The van der Waals surface area contributed by atoms with Gasteiger partial charge in [-0.15, -0.1) is 0 Å². The van der Waals surface area contributed by atoms with Gasteiger partial charge in [0.2, 0.25) is 0 Å². The Kier molecular flexibility index (Phi) is 4.46. The molecule has 2 aliphatic carbocycles. The zero-order valence-corrected chi connectivity index (χ0v) is 13.3. The smallest absolute Gasteiger partial charge is 0.162 e. The molecule has 0 aromatic rings. The SMILES string of the molecule is C.C.[2H]C1([2H])C[C@]2(CO2)[C@@H]([C@]2(C)O[C@@H]2CC=C2CCCC2)[C@]([2H])(OC)C1=O. The number of methoxy groups -OCH3 is 1. The fraction of sp³-hybridized carbons (Fsp3) is 0.850. The van der Waals surface area contributed by atoms with Crippen LogP contribution in [-0.2, 0) is 19.0 Å². The number of ether oxygens (including phenoxy) is 3. The number of ketones is 1. The molecule has 24 heavy (non-hydrogen) atoms. The van der Waals surface area contributed by atoms with Crippen LogP contribution in [0, 0.1) is 5.92 Å². The van der Waals surface area contributed by atoms with Gasteiger partial charge in [0.1, 0.15) is 17.3 Å². The predicted molar refractivity (Wildman–Crippen MR) is 95.1 cm³/mol. The molecule has 2 saturated heterocycles. The molecule has 4 aliphatic rings. The summed E-state index contributed by atoms with van der Waals surface area (Å²) in [5.41, 5.74) is -0.0647. The van der Waals surface area contributed by atoms with Gasteiger partial charge in [-0.05, 0) is 45.4 Å². The van der Waals surface area contributed by atoms with Gasteiger partial charge >= 0.3 is 0 Å². The first-order valence-corrected chi connectivity index (χ1v) is 8.28. The first kappa shape index (κ1) is 15.5. The molecule has 0 radical (unpaired) electrons. The van der Waals surface area contributed by atoms with E-state index in [-0.39, 0.29) is 27.4 Å². The van der Waals surface area contributed by atoms with Crippen molar-refractivity contribution in [1.29, 1.82) is 0 Å². The van der Waals surface area contributed by atoms with E-state index in [1.165, 1.54) is 25.5 Å². The Bertz CT molecular complexity index is 623. The largest absolute Gasteiger partial charge is 0.373 e. The second-order valence-corrected chi connectivity index (χ2v) is 7.13. The lowest BCUT2D eigenvalue weighted by atomic mass is 9.69. The van der Waals surface area contributed by atoms with Gasteiger partial charge in [0, 0.05) is 16.2 Å². The Morgan fingerprint density at radius 1 is 1.42 bits per heavy atom. The highest BCUT2D eigenvalue weighted by atomic mass is 16.6. The number of carbonyl (C=O) groups is 1. The Labute approximate surface area is 151 Å². The summed E-state index contributed by atoms with van der Waals surface area (Å²) in [6, 6.07) is 0. The third-order valence-corrected chi connectivity index (χ3v) is 5.71. The average molecular weight is 342 g/mol. The second-order valence-electron chi connectivity index (χ2n) is 7.13. The predicted octanol–water partition coefficient (Wildman–Crippen LogP) is 4.07. The lowest BCUT2D eigenvalue weighted by Crippen LogP contribution is -2.52. The minimum absolute atomic E-state index is 0. The lowest BCUT2D eigenvalue weighted by molar-refractivity contribution is -0.142. The van der Waals surface area contributed by atoms with Crippen LogP contribution in [0.2, 0.25) is 0 Å². The first-order chi connectivity index (χ1) is 11.7. The topological polar surface area (TPSA) is 51.4 Å². The zero-order valence-electron chi connectivity index (χ0n) is 16.3. The van der Waals surface area contributed by atoms with Crippen LogP contribution < -0.4 is 0 Å². The van der Waals surface area contributed by atoms with E-state index in [9.17, 15) is 4.79 Å². The van der Waals surface area contributed by atoms with E-state index >= 15 is 0 Å². The van der Waals surface area contributed by atoms with Crippen molar-refractivity contribution < 1.29 is 23.1 Å². The van der Waals surface area contributed by atoms with Gasteiger partial charge in [-0.3, -0.25) is 4.79 Å². The molecule has 1 spiro atoms. The minimum atomic E-state index is -2.11. The van der Waals surface area contributed by atoms with Crippen molar-refractivity contribution in [3.63, 3.8) is 0 Å². The van der Waals surface area contributed by atoms with Crippen molar-refractivity contribution in [3.05, 3.63) is 11.6 Å². The Balaban J connectivity index is 0.00000131. The van der Waals surface area contributed by atoms with Crippen LogP contribution in [0.3, 0.4) is 0 Å². The first-order valence-electron chi connectivity index (χ1n) is 9.78. The number of epoxide rings is 2. The molecule has 0 aromatic carbocycles. The minimum Gasteiger partial charge on any atom is -0.373 e. The second kappa shape index (κ2) is 6.89. The molecule has 0 aromatic heterocycles. The van der Waals surface area contributed by atoms with Crippen LogP contribution >= 0.6 is 0 Å². The summed E-state index contributed by atoms with van der Waals surface area (Å²) in [5.74, 6) is -1.45. The lowest BCUT2D eigenvalue weighted by Gasteiger charge is -2.37. The summed E-state index contributed by atoms with van der Waals surface area (Å²) in [5, 5.41) is 0. The molecule has 0 N–H and O–H groups in total. The fourth-order valence-electron chi connectivity index (χ4n) is 4.26. The molecule has 2 saturated carbocycles. The summed E-state index contributed by atoms with van der Waals surface area (Å²) < 4.78 is 41.7. The number of Topliss-reactive ketones (excluding diaryl/α,β-unsaturated/α-hetero) is 1. The number of hydrogen-bond donors (Lipinski definition) is 0. The molecule has 0 bridgehead atoms. The van der Waals surface area contributed by atoms with E-state index in [1.54, 1.807) is 0 Å². The van der Waals surface area contributed by atoms with Crippen LogP contribution in [0.15, 0.2) is 11.6 Å². The van der Waals surface area contributed by atoms with Crippen molar-refractivity contribution in [2.24, 2.45) is 5.92 Å². The third kappa shape index (κ3) is 3.09. The highest BCUT2D eigenvalue weighted by Crippen LogP contribution is 2.58. The molecule has 0 amide bonds. The van der Waals surface area contributed by atoms with Crippen LogP contribution in [0.4, 0.5) is 0 Å². The highest BCUT2D eigenvalue weighted by Gasteiger charge is 2.71. The molecular formula is C20H34O4. The molecule has 4 nitrogen and oxygen atoms in total. The van der Waals surface area contributed by atoms with Gasteiger partial charge < -0.3 is 14.2 Å². The van der Waals surface area contributed by atoms with Crippen molar-refractivity contribution in [3.8, 4) is 0 Å². The van der Waals surface area contributed by atoms with Gasteiger partial charge in [-0.2, -0.15) is 0 Å². The summed E-state index contributed by atoms with van der Waals surface area (Å²) in [4.78, 5) is 12.7. The maximum absolute atomic E-state index is 12.7. The fourth-order valence-corrected chi connectivity index (χ4v) is 4.26. The van der Waals surface area contributed by atoms with Gasteiger partial charge in [0.15, 0.2) is 5.78 Å². The number of carbonyl (C=O) groups excluding carboxylic acids is 1. The van der Waals surface area contributed by atoms with Crippen LogP contribution in [0.25, 0.3) is 0 Å². The summed E-state index contributed by atoms with van der Waals surface area (Å²) in [6.07, 6.45) is 3.60. The maximum atomic E-state index is 12.7. The van der Waals surface area contributed by atoms with Gasteiger partial charge in [-0.25, -0.2) is 0 Å². The molecular weight excluding hydrogens is 304 g/mol. The van der Waals surface area contributed by atoms with Crippen LogP contribution in [-0.4, -0.2) is 42.9 Å². The number of allylic oxidation sites excluding steroid dienone is 1. The average Bonchev–Trinajstić information content (AvgIpc) is 3.36. The molecule has 5 atom stereocenters. The summed E-state index contributed by atoms with van der Waals surface area (Å²) in [6.45, 7) is 2.26. The van der Waals surface area contributed by atoms with E-state index < -0.39 is 35.4 Å². The molecule has 4 rings (SSSR count). The molecule has 0 unspecified atom stereocenters. The van der Waals surface area contributed by atoms with Crippen molar-refractivity contribution >= 4 is 5.78 Å². The van der Waals surface area contributed by atoms with Crippen molar-refractivity contribution in [2.45, 2.75) is 90.1 Å². The molecule has 138 valence electrons. The van der Waals surface area contributed by atoms with Gasteiger partial charge in [0.05, 0.1) is 20.0 Å². The number of rotatable bonds is 4. The van der Waals surface area contributed by atoms with Crippen LogP contribution in [0.1, 0.15) is 70.8 Å². The number of hydrogen-bond acceptors (Lipinski definition) is 4. The van der Waals surface area contributed by atoms with Gasteiger partial charge in [0.25, 0.3) is 0 Å². The highest BCUT2D eigenvalue weighted by molar-refractivity contribution is 5.85. The third-order valence-electron chi connectivity index (χ3n) is 5.71. The summed E-state index contributed by atoms with van der Waals surface area (Å²) >= 11 is 0. The summed E-state index contributed by atoms with van der Waals surface area (Å²) in [7, 11) is 1.30. The molecule has 2 aliphatic heterocycles. The van der Waals surface area contributed by atoms with E-state index in [1.807, 2.05) is 6.92 Å². The quantitative estimate of drug-likeness (QED) is 0.571. The van der Waals surface area contributed by atoms with E-state index in [0.717, 1.165) is 19.3 Å². The Hall–Kier alpha value is -0.710. The molecule has 2 heterocycles. The van der Waals surface area contributed by atoms with Crippen molar-refractivity contribution in [2.75, 3.05) is 13.7 Å². The normalized spacial score (nSPS) is 50.2. The standard InChI is InChI=1S/C18H26O4.2CH4/c1-17(14(22-17)8-7-12-5-3-4-6-12)16-15(20-2)13(19)9-10-18(16)11-21-18;;/h7,14-16H,3-6,8-11H2,1-2H3;2*1H4/t14-,15-,16-,17-,18+;;/m1../s1/i9D2,15D;;. The van der Waals surface area contributed by atoms with E-state index in [0.29, 0.717) is 6.61 Å². The Morgan fingerprint density at radius 2 is 2.08 bits per heavy atom. The monoisotopic (exact) mass is 341 g/mol. The molecule has 4 heteroatoms. The van der Waals surface area contributed by atoms with Gasteiger partial charge in [-0.1, -0.05) is 26.5 Å². The van der Waals surface area contributed by atoms with E-state index in [2.05, 4.69) is 6.08 Å². The van der Waals surface area contributed by atoms with Crippen molar-refractivity contribution in [1.82, 2.24) is 0 Å². The zero-order chi connectivity index (χ0) is 18.1. The maximum Gasteiger partial charge on any atom is 0.162 e.